The van der Waals surface area contributed by atoms with Crippen LogP contribution < -0.4 is 0 Å². The van der Waals surface area contributed by atoms with Crippen LogP contribution in [0.3, 0.4) is 0 Å². The summed E-state index contributed by atoms with van der Waals surface area (Å²) >= 11 is 0. The van der Waals surface area contributed by atoms with Crippen molar-refractivity contribution >= 4 is 11.9 Å². The molecule has 2 aliphatic heterocycles. The van der Waals surface area contributed by atoms with E-state index in [2.05, 4.69) is 0 Å². The summed E-state index contributed by atoms with van der Waals surface area (Å²) in [7, 11) is 0. The van der Waals surface area contributed by atoms with E-state index in [1.807, 2.05) is 0 Å². The van der Waals surface area contributed by atoms with Crippen LogP contribution in [0.5, 0.6) is 0 Å². The van der Waals surface area contributed by atoms with Gasteiger partial charge in [0.15, 0.2) is 11.3 Å². The van der Waals surface area contributed by atoms with Crippen LogP contribution in [-0.4, -0.2) is 60.9 Å². The highest BCUT2D eigenvalue weighted by Crippen LogP contribution is 2.28. The molecule has 0 aliphatic carbocycles. The number of carbonyl (C=O) groups excluding carboxylic acids is 2. The highest BCUT2D eigenvalue weighted by molar-refractivity contribution is 5.94. The van der Waals surface area contributed by atoms with E-state index in [4.69, 9.17) is 14.2 Å². The van der Waals surface area contributed by atoms with Gasteiger partial charge in [0.05, 0.1) is 19.8 Å². The summed E-state index contributed by atoms with van der Waals surface area (Å²) in [5, 5.41) is 0. The van der Waals surface area contributed by atoms with Gasteiger partial charge in [-0.25, -0.2) is 4.79 Å². The molecule has 0 N–H and O–H groups in total. The second kappa shape index (κ2) is 4.51. The van der Waals surface area contributed by atoms with Crippen LogP contribution in [-0.2, 0) is 19.0 Å². The van der Waals surface area contributed by atoms with Gasteiger partial charge in [0.1, 0.15) is 12.2 Å². The van der Waals surface area contributed by atoms with Gasteiger partial charge in [-0.1, -0.05) is 0 Å². The molecule has 6 heteroatoms. The maximum atomic E-state index is 12.2. The molecule has 1 spiro atoms. The highest BCUT2D eigenvalue weighted by atomic mass is 16.6. The Bertz CT molecular complexity index is 362. The third-order valence-electron chi connectivity index (χ3n) is 3.02. The van der Waals surface area contributed by atoms with Gasteiger partial charge in [-0.3, -0.25) is 9.69 Å². The SMILES string of the molecule is CC(C)(C)OC(=O)N1CCOCC12COCC2=O. The molecule has 18 heavy (non-hydrogen) atoms. The lowest BCUT2D eigenvalue weighted by molar-refractivity contribution is -0.136. The van der Waals surface area contributed by atoms with Crippen molar-refractivity contribution in [3.05, 3.63) is 0 Å². The van der Waals surface area contributed by atoms with E-state index >= 15 is 0 Å². The van der Waals surface area contributed by atoms with Gasteiger partial charge in [-0.2, -0.15) is 0 Å². The number of hydrogen-bond acceptors (Lipinski definition) is 5. The van der Waals surface area contributed by atoms with E-state index in [0.29, 0.717) is 13.2 Å². The van der Waals surface area contributed by atoms with Gasteiger partial charge in [0, 0.05) is 6.54 Å². The van der Waals surface area contributed by atoms with E-state index in [1.54, 1.807) is 20.8 Å². The number of ether oxygens (including phenoxy) is 3. The molecule has 0 aromatic heterocycles. The fourth-order valence-corrected chi connectivity index (χ4v) is 2.15. The molecule has 2 saturated heterocycles. The number of hydrogen-bond donors (Lipinski definition) is 0. The first kappa shape index (κ1) is 13.3. The molecule has 0 aromatic carbocycles. The Morgan fingerprint density at radius 3 is 2.56 bits per heavy atom. The Labute approximate surface area is 106 Å². The first-order chi connectivity index (χ1) is 8.35. The summed E-state index contributed by atoms with van der Waals surface area (Å²) in [5.41, 5.74) is -1.57. The number of morpholine rings is 1. The van der Waals surface area contributed by atoms with Gasteiger partial charge in [-0.15, -0.1) is 0 Å². The Morgan fingerprint density at radius 1 is 1.33 bits per heavy atom. The van der Waals surface area contributed by atoms with E-state index in [0.717, 1.165) is 0 Å². The minimum absolute atomic E-state index is 0.0304. The molecule has 2 rings (SSSR count). The Kier molecular flexibility index (Phi) is 3.33. The molecular weight excluding hydrogens is 238 g/mol. The predicted molar refractivity (Wildman–Crippen MR) is 62.3 cm³/mol. The molecule has 2 fully saturated rings. The lowest BCUT2D eigenvalue weighted by Crippen LogP contribution is -2.64. The third kappa shape index (κ3) is 2.35. The second-order valence-corrected chi connectivity index (χ2v) is 5.63. The molecule has 102 valence electrons. The molecule has 6 nitrogen and oxygen atoms in total. The van der Waals surface area contributed by atoms with Crippen molar-refractivity contribution in [2.24, 2.45) is 0 Å². The maximum Gasteiger partial charge on any atom is 0.411 e. The molecule has 0 radical (unpaired) electrons. The number of Topliss-reactive ketones (excluding diaryl/α,β-unsaturated/α-hetero) is 1. The van der Waals surface area contributed by atoms with E-state index in [9.17, 15) is 9.59 Å². The van der Waals surface area contributed by atoms with E-state index in [-0.39, 0.29) is 25.6 Å². The third-order valence-corrected chi connectivity index (χ3v) is 3.02. The van der Waals surface area contributed by atoms with E-state index in [1.165, 1.54) is 4.90 Å². The van der Waals surface area contributed by atoms with Crippen molar-refractivity contribution in [1.29, 1.82) is 0 Å². The molecule has 2 aliphatic rings. The van der Waals surface area contributed by atoms with Crippen LogP contribution in [0.25, 0.3) is 0 Å². The van der Waals surface area contributed by atoms with Crippen molar-refractivity contribution in [2.75, 3.05) is 33.0 Å². The summed E-state index contributed by atoms with van der Waals surface area (Å²) in [6.07, 6.45) is -0.482. The van der Waals surface area contributed by atoms with Crippen molar-refractivity contribution < 1.29 is 23.8 Å². The molecule has 1 unspecified atom stereocenters. The van der Waals surface area contributed by atoms with Gasteiger partial charge in [0.25, 0.3) is 0 Å². The first-order valence-electron chi connectivity index (χ1n) is 6.05. The second-order valence-electron chi connectivity index (χ2n) is 5.63. The number of amides is 1. The summed E-state index contributed by atoms with van der Waals surface area (Å²) in [6, 6.07) is 0. The van der Waals surface area contributed by atoms with Crippen molar-refractivity contribution in [1.82, 2.24) is 4.90 Å². The zero-order valence-corrected chi connectivity index (χ0v) is 11.0. The number of ketones is 1. The monoisotopic (exact) mass is 257 g/mol. The van der Waals surface area contributed by atoms with Gasteiger partial charge >= 0.3 is 6.09 Å². The van der Waals surface area contributed by atoms with Crippen LogP contribution >= 0.6 is 0 Å². The van der Waals surface area contributed by atoms with Crippen molar-refractivity contribution in [2.45, 2.75) is 31.9 Å². The Hall–Kier alpha value is -1.14. The summed E-state index contributed by atoms with van der Waals surface area (Å²) < 4.78 is 15.9. The van der Waals surface area contributed by atoms with Crippen LogP contribution in [0.15, 0.2) is 0 Å². The maximum absolute atomic E-state index is 12.2. The van der Waals surface area contributed by atoms with E-state index < -0.39 is 17.2 Å². The van der Waals surface area contributed by atoms with Crippen LogP contribution in [0.4, 0.5) is 4.79 Å². The minimum atomic E-state index is -0.986. The number of carbonyl (C=O) groups is 2. The Balaban J connectivity index is 2.18. The zero-order valence-electron chi connectivity index (χ0n) is 11.0. The molecule has 0 saturated carbocycles. The minimum Gasteiger partial charge on any atom is -0.444 e. The molecule has 2 heterocycles. The lowest BCUT2D eigenvalue weighted by atomic mass is 9.95. The van der Waals surface area contributed by atoms with Crippen LogP contribution in [0.2, 0.25) is 0 Å². The standard InChI is InChI=1S/C12H19NO5/c1-11(2,3)18-10(15)13-4-5-16-7-12(13)8-17-6-9(12)14/h4-8H2,1-3H3. The van der Waals surface area contributed by atoms with Gasteiger partial charge in [-0.05, 0) is 20.8 Å². The normalized spacial score (nSPS) is 28.8. The zero-order chi connectivity index (χ0) is 13.4. The average Bonchev–Trinajstić information content (AvgIpc) is 2.59. The van der Waals surface area contributed by atoms with Gasteiger partial charge < -0.3 is 14.2 Å². The number of nitrogens with zero attached hydrogens (tertiary/aromatic N) is 1. The summed E-state index contributed by atoms with van der Waals surface area (Å²) in [4.78, 5) is 25.6. The molecular formula is C12H19NO5. The largest absolute Gasteiger partial charge is 0.444 e. The fourth-order valence-electron chi connectivity index (χ4n) is 2.15. The van der Waals surface area contributed by atoms with Crippen molar-refractivity contribution in [3.8, 4) is 0 Å². The van der Waals surface area contributed by atoms with Crippen molar-refractivity contribution in [3.63, 3.8) is 0 Å². The predicted octanol–water partition coefficient (Wildman–Crippen LogP) is 0.592. The molecule has 0 bridgehead atoms. The van der Waals surface area contributed by atoms with Gasteiger partial charge in [0.2, 0.25) is 0 Å². The highest BCUT2D eigenvalue weighted by Gasteiger charge is 2.53. The molecule has 1 atom stereocenters. The quantitative estimate of drug-likeness (QED) is 0.635. The number of rotatable bonds is 0. The Morgan fingerprint density at radius 2 is 2.00 bits per heavy atom. The van der Waals surface area contributed by atoms with Crippen LogP contribution in [0.1, 0.15) is 20.8 Å². The van der Waals surface area contributed by atoms with Crippen LogP contribution in [0, 0.1) is 0 Å². The molecule has 1 amide bonds. The smallest absolute Gasteiger partial charge is 0.411 e. The first-order valence-corrected chi connectivity index (χ1v) is 6.05. The topological polar surface area (TPSA) is 65.1 Å². The fraction of sp³-hybridized carbons (Fsp3) is 0.833. The lowest BCUT2D eigenvalue weighted by Gasteiger charge is -2.42. The average molecular weight is 257 g/mol. The summed E-state index contributed by atoms with van der Waals surface area (Å²) in [6.45, 7) is 6.55. The summed E-state index contributed by atoms with van der Waals surface area (Å²) in [5.74, 6) is -0.118. The molecule has 0 aromatic rings.